The van der Waals surface area contributed by atoms with E-state index >= 15 is 0 Å². The summed E-state index contributed by atoms with van der Waals surface area (Å²) in [7, 11) is 1.33. The van der Waals surface area contributed by atoms with Gasteiger partial charge in [-0.2, -0.15) is 5.10 Å². The number of amides is 2. The number of urea groups is 1. The van der Waals surface area contributed by atoms with E-state index in [1.54, 1.807) is 6.92 Å². The number of rotatable bonds is 5. The fourth-order valence-electron chi connectivity index (χ4n) is 4.63. The number of hydrogen-bond acceptors (Lipinski definition) is 5. The Morgan fingerprint density at radius 1 is 0.943 bits per heavy atom. The Morgan fingerprint density at radius 2 is 1.60 bits per heavy atom. The van der Waals surface area contributed by atoms with Gasteiger partial charge < -0.3 is 15.4 Å². The topological polar surface area (TPSA) is 83.0 Å². The predicted molar refractivity (Wildman–Crippen MR) is 135 cm³/mol. The molecule has 0 saturated carbocycles. The number of hydrazone groups is 1. The normalized spacial score (nSPS) is 19.7. The molecule has 5 rings (SSSR count). The smallest absolute Gasteiger partial charge is 0.337 e. The molecule has 2 aliphatic heterocycles. The third-order valence-corrected chi connectivity index (χ3v) is 6.37. The van der Waals surface area contributed by atoms with Gasteiger partial charge in [0.05, 0.1) is 36.2 Å². The highest BCUT2D eigenvalue weighted by atomic mass is 16.5. The van der Waals surface area contributed by atoms with Gasteiger partial charge in [0.25, 0.3) is 0 Å². The van der Waals surface area contributed by atoms with Crippen LogP contribution in [0, 0.1) is 0 Å². The summed E-state index contributed by atoms with van der Waals surface area (Å²) in [5.41, 5.74) is 5.89. The molecule has 7 heteroatoms. The van der Waals surface area contributed by atoms with Gasteiger partial charge >= 0.3 is 12.0 Å². The molecule has 2 amide bonds. The average Bonchev–Trinajstić information content (AvgIpc) is 3.35. The molecule has 2 unspecified atom stereocenters. The minimum Gasteiger partial charge on any atom is -0.466 e. The van der Waals surface area contributed by atoms with Gasteiger partial charge in [0.1, 0.15) is 0 Å². The Bertz CT molecular complexity index is 1300. The second-order valence-corrected chi connectivity index (χ2v) is 8.54. The van der Waals surface area contributed by atoms with Crippen LogP contribution in [-0.2, 0) is 9.53 Å². The maximum absolute atomic E-state index is 12.4. The van der Waals surface area contributed by atoms with Gasteiger partial charge in [0, 0.05) is 12.1 Å². The summed E-state index contributed by atoms with van der Waals surface area (Å²) in [4.78, 5) is 24.5. The minimum atomic E-state index is -0.600. The standard InChI is InChI=1S/C28H26N4O3/c1-18-25(27(33)35-2)26(30-28(34)29-18)21-13-15-22(16-14-21)32-24(20-11-7-4-8-12-20)17-23(31-32)19-9-5-3-6-10-19/h3-16,24,26H,17H2,1-2H3,(H2,29,30,34). The van der Waals surface area contributed by atoms with Gasteiger partial charge in [-0.05, 0) is 35.7 Å². The van der Waals surface area contributed by atoms with Crippen LogP contribution in [0.5, 0.6) is 0 Å². The fraction of sp³-hybridized carbons (Fsp3) is 0.179. The molecule has 0 bridgehead atoms. The third kappa shape index (κ3) is 4.40. The van der Waals surface area contributed by atoms with Gasteiger partial charge in [-0.1, -0.05) is 72.8 Å². The molecule has 0 radical (unpaired) electrons. The molecular weight excluding hydrogens is 440 g/mol. The van der Waals surface area contributed by atoms with Gasteiger partial charge in [0.15, 0.2) is 0 Å². The monoisotopic (exact) mass is 466 g/mol. The van der Waals surface area contributed by atoms with Crippen molar-refractivity contribution in [3.05, 3.63) is 113 Å². The Morgan fingerprint density at radius 3 is 2.26 bits per heavy atom. The molecule has 0 spiro atoms. The van der Waals surface area contributed by atoms with Crippen molar-refractivity contribution < 1.29 is 14.3 Å². The van der Waals surface area contributed by atoms with Crippen LogP contribution in [0.15, 0.2) is 101 Å². The number of hydrogen-bond donors (Lipinski definition) is 2. The quantitative estimate of drug-likeness (QED) is 0.527. The van der Waals surface area contributed by atoms with Crippen LogP contribution in [0.3, 0.4) is 0 Å². The molecule has 35 heavy (non-hydrogen) atoms. The van der Waals surface area contributed by atoms with Crippen LogP contribution >= 0.6 is 0 Å². The highest BCUT2D eigenvalue weighted by Crippen LogP contribution is 2.37. The molecule has 2 atom stereocenters. The number of carbonyl (C=O) groups is 2. The van der Waals surface area contributed by atoms with Crippen LogP contribution < -0.4 is 15.6 Å². The van der Waals surface area contributed by atoms with Crippen LogP contribution in [-0.4, -0.2) is 24.8 Å². The molecule has 2 heterocycles. The van der Waals surface area contributed by atoms with Crippen LogP contribution in [0.2, 0.25) is 0 Å². The van der Waals surface area contributed by atoms with E-state index in [4.69, 9.17) is 9.84 Å². The summed E-state index contributed by atoms with van der Waals surface area (Å²) < 4.78 is 4.95. The summed E-state index contributed by atoms with van der Waals surface area (Å²) in [5.74, 6) is -0.482. The summed E-state index contributed by atoms with van der Waals surface area (Å²) in [6, 6.07) is 27.4. The maximum Gasteiger partial charge on any atom is 0.337 e. The molecule has 2 N–H and O–H groups in total. The third-order valence-electron chi connectivity index (χ3n) is 6.37. The molecule has 0 fully saturated rings. The van der Waals surface area contributed by atoms with Crippen LogP contribution in [0.25, 0.3) is 0 Å². The lowest BCUT2D eigenvalue weighted by atomic mass is 9.95. The zero-order valence-corrected chi connectivity index (χ0v) is 19.6. The number of anilines is 1. The number of methoxy groups -OCH3 is 1. The first kappa shape index (κ1) is 22.4. The van der Waals surface area contributed by atoms with E-state index in [-0.39, 0.29) is 12.1 Å². The zero-order valence-electron chi connectivity index (χ0n) is 19.6. The molecular formula is C28H26N4O3. The van der Waals surface area contributed by atoms with Crippen molar-refractivity contribution in [1.82, 2.24) is 10.6 Å². The SMILES string of the molecule is COC(=O)C1=C(C)NC(=O)NC1c1ccc(N2N=C(c3ccccc3)CC2c2ccccc2)cc1. The largest absolute Gasteiger partial charge is 0.466 e. The highest BCUT2D eigenvalue weighted by Gasteiger charge is 2.33. The van der Waals surface area contributed by atoms with E-state index < -0.39 is 12.0 Å². The van der Waals surface area contributed by atoms with E-state index in [2.05, 4.69) is 34.9 Å². The van der Waals surface area contributed by atoms with Crippen LogP contribution in [0.4, 0.5) is 10.5 Å². The van der Waals surface area contributed by atoms with Crippen molar-refractivity contribution in [2.45, 2.75) is 25.4 Å². The van der Waals surface area contributed by atoms with Crippen molar-refractivity contribution in [3.8, 4) is 0 Å². The second kappa shape index (κ2) is 9.46. The van der Waals surface area contributed by atoms with Gasteiger partial charge in [0.2, 0.25) is 0 Å². The maximum atomic E-state index is 12.4. The van der Waals surface area contributed by atoms with E-state index in [0.717, 1.165) is 28.9 Å². The first-order valence-corrected chi connectivity index (χ1v) is 11.5. The molecule has 2 aliphatic rings. The molecule has 3 aromatic carbocycles. The number of benzene rings is 3. The summed E-state index contributed by atoms with van der Waals surface area (Å²) in [5, 5.41) is 12.5. The van der Waals surface area contributed by atoms with Crippen molar-refractivity contribution in [3.63, 3.8) is 0 Å². The van der Waals surface area contributed by atoms with Gasteiger partial charge in [-0.3, -0.25) is 5.01 Å². The van der Waals surface area contributed by atoms with E-state index in [1.165, 1.54) is 12.7 Å². The minimum absolute atomic E-state index is 0.0589. The van der Waals surface area contributed by atoms with E-state index in [1.807, 2.05) is 65.7 Å². The Labute approximate surface area is 204 Å². The summed E-state index contributed by atoms with van der Waals surface area (Å²) >= 11 is 0. The molecule has 0 saturated heterocycles. The van der Waals surface area contributed by atoms with Crippen molar-refractivity contribution in [2.75, 3.05) is 12.1 Å². The number of allylic oxidation sites excluding steroid dienone is 1. The first-order chi connectivity index (χ1) is 17.0. The van der Waals surface area contributed by atoms with Gasteiger partial charge in [-0.15, -0.1) is 0 Å². The number of ether oxygens (including phenoxy) is 1. The molecule has 176 valence electrons. The lowest BCUT2D eigenvalue weighted by Crippen LogP contribution is -2.45. The first-order valence-electron chi connectivity index (χ1n) is 11.5. The second-order valence-electron chi connectivity index (χ2n) is 8.54. The Balaban J connectivity index is 1.50. The lowest BCUT2D eigenvalue weighted by molar-refractivity contribution is -0.136. The van der Waals surface area contributed by atoms with E-state index in [0.29, 0.717) is 11.3 Å². The molecule has 3 aromatic rings. The summed E-state index contributed by atoms with van der Waals surface area (Å²) in [6.07, 6.45) is 0.786. The zero-order chi connectivity index (χ0) is 24.4. The Kier molecular flexibility index (Phi) is 6.06. The predicted octanol–water partition coefficient (Wildman–Crippen LogP) is 4.84. The average molecular weight is 467 g/mol. The highest BCUT2D eigenvalue weighted by molar-refractivity contribution is 6.03. The Hall–Kier alpha value is -4.39. The lowest BCUT2D eigenvalue weighted by Gasteiger charge is -2.28. The van der Waals surface area contributed by atoms with E-state index in [9.17, 15) is 9.59 Å². The van der Waals surface area contributed by atoms with Crippen molar-refractivity contribution >= 4 is 23.4 Å². The van der Waals surface area contributed by atoms with Crippen molar-refractivity contribution in [2.24, 2.45) is 5.10 Å². The fourth-order valence-corrected chi connectivity index (χ4v) is 4.63. The number of nitrogens with one attached hydrogen (secondary N) is 2. The van der Waals surface area contributed by atoms with Crippen LogP contribution in [0.1, 0.15) is 42.1 Å². The number of carbonyl (C=O) groups excluding carboxylic acids is 2. The van der Waals surface area contributed by atoms with Crippen molar-refractivity contribution in [1.29, 1.82) is 0 Å². The number of nitrogens with zero attached hydrogens (tertiary/aromatic N) is 2. The molecule has 0 aromatic heterocycles. The number of esters is 1. The molecule has 0 aliphatic carbocycles. The summed E-state index contributed by atoms with van der Waals surface area (Å²) in [6.45, 7) is 1.70. The van der Waals surface area contributed by atoms with Gasteiger partial charge in [-0.25, -0.2) is 9.59 Å². The molecule has 7 nitrogen and oxygen atoms in total.